The van der Waals surface area contributed by atoms with Crippen LogP contribution in [0.15, 0.2) is 42.5 Å². The fourth-order valence-corrected chi connectivity index (χ4v) is 4.25. The topological polar surface area (TPSA) is 85.7 Å². The van der Waals surface area contributed by atoms with Gasteiger partial charge in [-0.25, -0.2) is 0 Å². The first-order chi connectivity index (χ1) is 14.0. The highest BCUT2D eigenvalue weighted by Crippen LogP contribution is 2.31. The monoisotopic (exact) mass is 414 g/mol. The Morgan fingerprint density at radius 2 is 2.07 bits per heavy atom. The van der Waals surface area contributed by atoms with Gasteiger partial charge < -0.3 is 14.4 Å². The normalized spacial score (nSPS) is 17.5. The number of para-hydroxylation sites is 2. The number of aliphatic hydroxyl groups is 1. The lowest BCUT2D eigenvalue weighted by atomic mass is 10.1. The van der Waals surface area contributed by atoms with Crippen molar-refractivity contribution in [2.45, 2.75) is 25.6 Å². The van der Waals surface area contributed by atoms with Crippen LogP contribution >= 0.6 is 12.2 Å². The van der Waals surface area contributed by atoms with Crippen molar-refractivity contribution in [1.29, 1.82) is 0 Å². The Morgan fingerprint density at radius 3 is 2.79 bits per heavy atom. The van der Waals surface area contributed by atoms with Gasteiger partial charge in [0.2, 0.25) is 0 Å². The summed E-state index contributed by atoms with van der Waals surface area (Å²) in [5.41, 5.74) is 2.23. The van der Waals surface area contributed by atoms with Crippen LogP contribution in [0.1, 0.15) is 12.8 Å². The number of benzene rings is 2. The van der Waals surface area contributed by atoms with Gasteiger partial charge in [0.1, 0.15) is 5.75 Å². The van der Waals surface area contributed by atoms with E-state index < -0.39 is 4.92 Å². The number of nitrogens with zero attached hydrogens (tertiary/aromatic N) is 4. The minimum atomic E-state index is -0.405. The minimum Gasteiger partial charge on any atom is -0.495 e. The molecular weight excluding hydrogens is 392 g/mol. The van der Waals surface area contributed by atoms with Crippen molar-refractivity contribution in [3.8, 4) is 11.4 Å². The first-order valence-corrected chi connectivity index (χ1v) is 9.84. The Kier molecular flexibility index (Phi) is 5.35. The molecule has 1 saturated heterocycles. The summed E-state index contributed by atoms with van der Waals surface area (Å²) in [4.78, 5) is 13.1. The third-order valence-electron chi connectivity index (χ3n) is 5.27. The zero-order valence-electron chi connectivity index (χ0n) is 16.0. The van der Waals surface area contributed by atoms with E-state index in [-0.39, 0.29) is 11.8 Å². The average molecular weight is 414 g/mol. The Labute approximate surface area is 172 Å². The van der Waals surface area contributed by atoms with Gasteiger partial charge in [-0.1, -0.05) is 12.1 Å². The predicted molar refractivity (Wildman–Crippen MR) is 112 cm³/mol. The number of rotatable bonds is 5. The van der Waals surface area contributed by atoms with Crippen LogP contribution in [0.5, 0.6) is 5.75 Å². The number of ether oxygens (including phenoxy) is 1. The molecule has 1 aliphatic heterocycles. The van der Waals surface area contributed by atoms with E-state index in [0.29, 0.717) is 29.3 Å². The number of aliphatic hydroxyl groups excluding tert-OH is 1. The number of hydrogen-bond acceptors (Lipinski definition) is 6. The van der Waals surface area contributed by atoms with Gasteiger partial charge in [0.25, 0.3) is 5.69 Å². The fraction of sp³-hybridized carbons (Fsp3) is 0.350. The highest BCUT2D eigenvalue weighted by atomic mass is 32.1. The molecule has 9 heteroatoms. The molecule has 0 bridgehead atoms. The maximum absolute atomic E-state index is 11.4. The minimum absolute atomic E-state index is 0.0112. The number of non-ortho nitro benzene ring substituents is 1. The molecule has 1 atom stereocenters. The molecule has 2 heterocycles. The molecule has 0 radical (unpaired) electrons. The molecule has 1 fully saturated rings. The van der Waals surface area contributed by atoms with Crippen molar-refractivity contribution >= 4 is 28.9 Å². The first kappa shape index (κ1) is 19.6. The van der Waals surface area contributed by atoms with Crippen LogP contribution in [-0.2, 0) is 6.67 Å². The number of likely N-dealkylation sites (tertiary alicyclic amines) is 1. The smallest absolute Gasteiger partial charge is 0.271 e. The van der Waals surface area contributed by atoms with Gasteiger partial charge in [-0.3, -0.25) is 19.6 Å². The van der Waals surface area contributed by atoms with Crippen molar-refractivity contribution in [2.24, 2.45) is 0 Å². The third-order valence-corrected chi connectivity index (χ3v) is 5.67. The van der Waals surface area contributed by atoms with Gasteiger partial charge in [0.05, 0.1) is 41.5 Å². The highest BCUT2D eigenvalue weighted by Gasteiger charge is 2.22. The average Bonchev–Trinajstić information content (AvgIpc) is 2.98. The second-order valence-electron chi connectivity index (χ2n) is 7.16. The molecule has 29 heavy (non-hydrogen) atoms. The maximum Gasteiger partial charge on any atom is 0.271 e. The van der Waals surface area contributed by atoms with Crippen LogP contribution < -0.4 is 4.74 Å². The summed E-state index contributed by atoms with van der Waals surface area (Å²) in [6.07, 6.45) is 1.32. The molecule has 152 valence electrons. The summed E-state index contributed by atoms with van der Waals surface area (Å²) in [7, 11) is 1.60. The highest BCUT2D eigenvalue weighted by molar-refractivity contribution is 7.71. The summed E-state index contributed by atoms with van der Waals surface area (Å²) >= 11 is 5.80. The molecule has 0 spiro atoms. The Bertz CT molecular complexity index is 1120. The van der Waals surface area contributed by atoms with E-state index >= 15 is 0 Å². The van der Waals surface area contributed by atoms with Crippen molar-refractivity contribution in [2.75, 3.05) is 20.2 Å². The number of aromatic nitrogens is 2. The van der Waals surface area contributed by atoms with Gasteiger partial charge >= 0.3 is 0 Å². The predicted octanol–water partition coefficient (Wildman–Crippen LogP) is 3.49. The molecule has 0 amide bonds. The number of nitro benzene ring substituents is 1. The molecule has 0 saturated carbocycles. The van der Waals surface area contributed by atoms with E-state index in [2.05, 4.69) is 4.90 Å². The van der Waals surface area contributed by atoms with E-state index in [1.54, 1.807) is 19.2 Å². The van der Waals surface area contributed by atoms with Gasteiger partial charge in [-0.05, 0) is 43.3 Å². The van der Waals surface area contributed by atoms with Crippen molar-refractivity contribution in [1.82, 2.24) is 14.0 Å². The number of β-amino-alcohol motifs (C(OH)–C–C–N with tert-alkyl or cyclic N) is 1. The van der Waals surface area contributed by atoms with Gasteiger partial charge in [0.15, 0.2) is 4.77 Å². The number of hydrogen-bond donors (Lipinski definition) is 1. The number of imidazole rings is 1. The number of methoxy groups -OCH3 is 1. The summed E-state index contributed by atoms with van der Waals surface area (Å²) in [6, 6.07) is 12.3. The van der Waals surface area contributed by atoms with E-state index in [4.69, 9.17) is 17.0 Å². The lowest BCUT2D eigenvalue weighted by Crippen LogP contribution is -2.39. The van der Waals surface area contributed by atoms with E-state index in [1.165, 1.54) is 6.07 Å². The molecule has 1 N–H and O–H groups in total. The summed E-state index contributed by atoms with van der Waals surface area (Å²) in [5, 5.41) is 21.4. The number of nitro groups is 1. The van der Waals surface area contributed by atoms with Gasteiger partial charge in [-0.2, -0.15) is 0 Å². The maximum atomic E-state index is 11.4. The Morgan fingerprint density at radius 1 is 1.28 bits per heavy atom. The molecule has 2 aromatic carbocycles. The lowest BCUT2D eigenvalue weighted by molar-refractivity contribution is -0.384. The molecule has 4 rings (SSSR count). The molecule has 0 unspecified atom stereocenters. The molecule has 1 aliphatic rings. The zero-order valence-corrected chi connectivity index (χ0v) is 16.8. The van der Waals surface area contributed by atoms with Crippen LogP contribution in [0.2, 0.25) is 0 Å². The fourth-order valence-electron chi connectivity index (χ4n) is 3.90. The second kappa shape index (κ2) is 7.94. The van der Waals surface area contributed by atoms with Crippen molar-refractivity contribution in [3.05, 3.63) is 57.3 Å². The van der Waals surface area contributed by atoms with Crippen LogP contribution in [0, 0.1) is 14.9 Å². The van der Waals surface area contributed by atoms with E-state index in [0.717, 1.165) is 30.6 Å². The van der Waals surface area contributed by atoms with Gasteiger partial charge in [0, 0.05) is 25.2 Å². The van der Waals surface area contributed by atoms with Crippen molar-refractivity contribution < 1.29 is 14.8 Å². The largest absolute Gasteiger partial charge is 0.495 e. The SMILES string of the molecule is COc1ccccc1-n1c(=S)n(CN2CCC[C@@H](O)C2)c2cc([N+](=O)[O-])ccc21. The summed E-state index contributed by atoms with van der Waals surface area (Å²) < 4.78 is 9.80. The number of piperidine rings is 1. The Balaban J connectivity index is 1.91. The molecule has 1 aromatic heterocycles. The van der Waals surface area contributed by atoms with Crippen LogP contribution in [0.4, 0.5) is 5.69 Å². The summed E-state index contributed by atoms with van der Waals surface area (Å²) in [6.45, 7) is 1.85. The Hall–Kier alpha value is -2.75. The molecular formula is C20H22N4O4S. The van der Waals surface area contributed by atoms with Crippen molar-refractivity contribution in [3.63, 3.8) is 0 Å². The molecule has 0 aliphatic carbocycles. The van der Waals surface area contributed by atoms with Crippen LogP contribution in [0.25, 0.3) is 16.7 Å². The molecule has 3 aromatic rings. The number of fused-ring (bicyclic) bond motifs is 1. The van der Waals surface area contributed by atoms with E-state index in [9.17, 15) is 15.2 Å². The van der Waals surface area contributed by atoms with Crippen LogP contribution in [0.3, 0.4) is 0 Å². The second-order valence-corrected chi connectivity index (χ2v) is 7.53. The van der Waals surface area contributed by atoms with Gasteiger partial charge in [-0.15, -0.1) is 0 Å². The van der Waals surface area contributed by atoms with Crippen LogP contribution in [-0.4, -0.2) is 50.4 Å². The zero-order chi connectivity index (χ0) is 20.5. The standard InChI is InChI=1S/C20H22N4O4S/c1-28-19-7-3-2-6-17(19)23-16-9-8-14(24(26)27)11-18(16)22(20(23)29)13-21-10-4-5-15(25)12-21/h2-3,6-9,11,15,25H,4-5,10,12-13H2,1H3/t15-/m1/s1. The quantitative estimate of drug-likeness (QED) is 0.391. The lowest BCUT2D eigenvalue weighted by Gasteiger charge is -2.30. The van der Waals surface area contributed by atoms with E-state index in [1.807, 2.05) is 33.4 Å². The molecule has 8 nitrogen and oxygen atoms in total. The summed E-state index contributed by atoms with van der Waals surface area (Å²) in [5.74, 6) is 0.661. The first-order valence-electron chi connectivity index (χ1n) is 9.43. The third kappa shape index (κ3) is 3.64.